The molecule has 0 bridgehead atoms. The second-order valence-corrected chi connectivity index (χ2v) is 8.73. The zero-order valence-electron chi connectivity index (χ0n) is 10.9. The first-order valence-corrected chi connectivity index (χ1v) is 10.0. The van der Waals surface area contributed by atoms with Crippen LogP contribution in [0.25, 0.3) is 0 Å². The van der Waals surface area contributed by atoms with E-state index in [2.05, 4.69) is 27.3 Å². The number of nitrogens with one attached hydrogen (secondary N) is 1. The van der Waals surface area contributed by atoms with Crippen LogP contribution < -0.4 is 4.72 Å². The number of halogens is 1. The van der Waals surface area contributed by atoms with Crippen molar-refractivity contribution < 1.29 is 21.0 Å². The lowest BCUT2D eigenvalue weighted by molar-refractivity contribution is 0.322. The second-order valence-electron chi connectivity index (χ2n) is 3.94. The first kappa shape index (κ1) is 17.8. The zero-order valence-corrected chi connectivity index (χ0v) is 14.7. The maximum Gasteiger partial charge on any atom is 0.297 e. The lowest BCUT2D eigenvalue weighted by Crippen LogP contribution is -2.30. The molecule has 0 radical (unpaired) electrons. The number of hydrogen-bond donors (Lipinski definition) is 1. The third-order valence-corrected chi connectivity index (χ3v) is 5.87. The summed E-state index contributed by atoms with van der Waals surface area (Å²) in [4.78, 5) is 0.0503. The van der Waals surface area contributed by atoms with Crippen LogP contribution in [0.2, 0.25) is 0 Å². The quantitative estimate of drug-likeness (QED) is 0.380. The van der Waals surface area contributed by atoms with Crippen molar-refractivity contribution in [3.05, 3.63) is 27.8 Å². The van der Waals surface area contributed by atoms with Gasteiger partial charge >= 0.3 is 0 Å². The number of rotatable bonds is 8. The van der Waals surface area contributed by atoms with Crippen molar-refractivity contribution in [3.8, 4) is 0 Å². The number of sulfonamides is 1. The van der Waals surface area contributed by atoms with Crippen LogP contribution in [0.5, 0.6) is 0 Å². The molecule has 0 saturated heterocycles. The molecule has 0 aliphatic carbocycles. The van der Waals surface area contributed by atoms with Gasteiger partial charge in [0.15, 0.2) is 0 Å². The molecule has 0 aliphatic heterocycles. The first-order valence-electron chi connectivity index (χ1n) is 5.89. The van der Waals surface area contributed by atoms with Gasteiger partial charge in [-0.2, -0.15) is 8.42 Å². The molecular formula is C11H16INO5S2. The van der Waals surface area contributed by atoms with Gasteiger partial charge in [-0.1, -0.05) is 6.92 Å². The first-order chi connectivity index (χ1) is 9.27. The lowest BCUT2D eigenvalue weighted by Gasteiger charge is -2.07. The number of hydrogen-bond acceptors (Lipinski definition) is 5. The largest absolute Gasteiger partial charge is 0.297 e. The second kappa shape index (κ2) is 7.69. The average Bonchev–Trinajstić information content (AvgIpc) is 2.35. The lowest BCUT2D eigenvalue weighted by atomic mass is 10.4. The summed E-state index contributed by atoms with van der Waals surface area (Å²) < 4.78 is 54.2. The highest BCUT2D eigenvalue weighted by Gasteiger charge is 2.15. The minimum Gasteiger partial charge on any atom is -0.265 e. The predicted octanol–water partition coefficient (Wildman–Crippen LogP) is 1.33. The molecule has 0 unspecified atom stereocenters. The fourth-order valence-corrected chi connectivity index (χ4v) is 3.70. The molecule has 1 N–H and O–H groups in total. The summed E-state index contributed by atoms with van der Waals surface area (Å²) in [5.41, 5.74) is 0. The third kappa shape index (κ3) is 6.04. The summed E-state index contributed by atoms with van der Waals surface area (Å²) in [6, 6.07) is 6.19. The maximum atomic E-state index is 11.8. The zero-order chi connectivity index (χ0) is 15.2. The molecule has 0 atom stereocenters. The Morgan fingerprint density at radius 1 is 1.15 bits per heavy atom. The van der Waals surface area contributed by atoms with E-state index in [1.54, 1.807) is 19.1 Å². The fourth-order valence-electron chi connectivity index (χ4n) is 1.36. The van der Waals surface area contributed by atoms with E-state index in [1.165, 1.54) is 12.1 Å². The van der Waals surface area contributed by atoms with Crippen molar-refractivity contribution in [2.45, 2.75) is 18.2 Å². The molecule has 6 nitrogen and oxygen atoms in total. The Balaban J connectivity index is 2.51. The van der Waals surface area contributed by atoms with Crippen molar-refractivity contribution >= 4 is 42.7 Å². The molecule has 0 fully saturated rings. The van der Waals surface area contributed by atoms with Crippen LogP contribution in [0.3, 0.4) is 0 Å². The highest BCUT2D eigenvalue weighted by atomic mass is 127. The van der Waals surface area contributed by atoms with Gasteiger partial charge in [0.1, 0.15) is 0 Å². The van der Waals surface area contributed by atoms with Crippen LogP contribution in [-0.2, 0) is 24.3 Å². The predicted molar refractivity (Wildman–Crippen MR) is 84.4 cm³/mol. The Hall–Kier alpha value is -0.230. The molecule has 0 spiro atoms. The van der Waals surface area contributed by atoms with Crippen molar-refractivity contribution in [3.63, 3.8) is 0 Å². The minimum absolute atomic E-state index is 0.0108. The van der Waals surface area contributed by atoms with Gasteiger partial charge in [0.2, 0.25) is 10.0 Å². The summed E-state index contributed by atoms with van der Waals surface area (Å²) in [7, 11) is -7.19. The Morgan fingerprint density at radius 2 is 1.75 bits per heavy atom. The topological polar surface area (TPSA) is 89.5 Å². The average molecular weight is 433 g/mol. The van der Waals surface area contributed by atoms with E-state index in [1.807, 2.05) is 0 Å². The van der Waals surface area contributed by atoms with Gasteiger partial charge in [-0.05, 0) is 53.3 Å². The Kier molecular flexibility index (Phi) is 6.85. The normalized spacial score (nSPS) is 12.5. The third-order valence-electron chi connectivity index (χ3n) is 2.24. The van der Waals surface area contributed by atoms with Crippen molar-refractivity contribution in [2.75, 3.05) is 18.9 Å². The molecule has 0 amide bonds. The van der Waals surface area contributed by atoms with Crippen LogP contribution in [0, 0.1) is 3.57 Å². The van der Waals surface area contributed by atoms with Gasteiger partial charge in [0.25, 0.3) is 10.1 Å². The van der Waals surface area contributed by atoms with Crippen molar-refractivity contribution in [2.24, 2.45) is 0 Å². The van der Waals surface area contributed by atoms with Gasteiger partial charge in [0.05, 0.1) is 17.3 Å². The van der Waals surface area contributed by atoms with Crippen LogP contribution in [0.4, 0.5) is 0 Å². The van der Waals surface area contributed by atoms with E-state index in [-0.39, 0.29) is 23.8 Å². The van der Waals surface area contributed by atoms with E-state index >= 15 is 0 Å². The van der Waals surface area contributed by atoms with Crippen molar-refractivity contribution in [1.82, 2.24) is 4.72 Å². The monoisotopic (exact) mass is 433 g/mol. The number of benzene rings is 1. The SMILES string of the molecule is CCCS(=O)(=O)NCCOS(=O)(=O)c1ccc(I)cc1. The summed E-state index contributed by atoms with van der Waals surface area (Å²) >= 11 is 2.06. The molecule has 0 aliphatic rings. The molecule has 1 aromatic rings. The molecule has 0 saturated carbocycles. The Morgan fingerprint density at radius 3 is 2.30 bits per heavy atom. The minimum atomic E-state index is -3.85. The smallest absolute Gasteiger partial charge is 0.265 e. The summed E-state index contributed by atoms with van der Waals surface area (Å²) in [6.07, 6.45) is 0.497. The van der Waals surface area contributed by atoms with Crippen LogP contribution in [0.1, 0.15) is 13.3 Å². The van der Waals surface area contributed by atoms with Gasteiger partial charge in [-0.25, -0.2) is 13.1 Å². The summed E-state index contributed by atoms with van der Waals surface area (Å²) in [5.74, 6) is 0.0108. The van der Waals surface area contributed by atoms with Gasteiger partial charge in [-0.3, -0.25) is 4.18 Å². The van der Waals surface area contributed by atoms with Crippen LogP contribution in [-0.4, -0.2) is 35.7 Å². The van der Waals surface area contributed by atoms with E-state index in [0.29, 0.717) is 6.42 Å². The summed E-state index contributed by atoms with van der Waals surface area (Å²) in [6.45, 7) is 1.43. The molecule has 0 heterocycles. The van der Waals surface area contributed by atoms with E-state index in [9.17, 15) is 16.8 Å². The van der Waals surface area contributed by atoms with Gasteiger partial charge < -0.3 is 0 Å². The van der Waals surface area contributed by atoms with Crippen LogP contribution >= 0.6 is 22.6 Å². The molecule has 0 aromatic heterocycles. The van der Waals surface area contributed by atoms with E-state index in [0.717, 1.165) is 3.57 Å². The highest BCUT2D eigenvalue weighted by molar-refractivity contribution is 14.1. The Bertz CT molecular complexity index is 625. The highest BCUT2D eigenvalue weighted by Crippen LogP contribution is 2.14. The molecule has 1 aromatic carbocycles. The fraction of sp³-hybridized carbons (Fsp3) is 0.455. The van der Waals surface area contributed by atoms with Crippen molar-refractivity contribution in [1.29, 1.82) is 0 Å². The van der Waals surface area contributed by atoms with Gasteiger partial charge in [0, 0.05) is 10.1 Å². The molecule has 9 heteroatoms. The van der Waals surface area contributed by atoms with Gasteiger partial charge in [-0.15, -0.1) is 0 Å². The van der Waals surface area contributed by atoms with Crippen LogP contribution in [0.15, 0.2) is 29.2 Å². The molecular weight excluding hydrogens is 417 g/mol. The standard InChI is InChI=1S/C11H16INO5S2/c1-2-9-19(14,15)13-7-8-18-20(16,17)11-5-3-10(12)4-6-11/h3-6,13H,2,7-9H2,1H3. The summed E-state index contributed by atoms with van der Waals surface area (Å²) in [5, 5.41) is 0. The maximum absolute atomic E-state index is 11.8. The Labute approximate surface area is 133 Å². The molecule has 114 valence electrons. The molecule has 1 rings (SSSR count). The van der Waals surface area contributed by atoms with E-state index in [4.69, 9.17) is 4.18 Å². The molecule has 20 heavy (non-hydrogen) atoms. The van der Waals surface area contributed by atoms with E-state index < -0.39 is 20.1 Å².